The molecule has 0 radical (unpaired) electrons. The molecular formula is C17H26O9S2. The summed E-state index contributed by atoms with van der Waals surface area (Å²) in [5.41, 5.74) is -0.991. The van der Waals surface area contributed by atoms with Crippen molar-refractivity contribution in [2.24, 2.45) is 0 Å². The Bertz CT molecular complexity index is 835. The van der Waals surface area contributed by atoms with Crippen molar-refractivity contribution >= 4 is 26.2 Å². The lowest BCUT2D eigenvalue weighted by Gasteiger charge is -2.34. The first kappa shape index (κ1) is 24.5. The van der Waals surface area contributed by atoms with Crippen molar-refractivity contribution in [3.05, 3.63) is 35.9 Å². The van der Waals surface area contributed by atoms with Crippen LogP contribution in [0.2, 0.25) is 0 Å². The number of rotatable bonds is 12. The first-order chi connectivity index (χ1) is 12.9. The van der Waals surface area contributed by atoms with E-state index in [0.717, 1.165) is 25.2 Å². The fraction of sp³-hybridized carbons (Fsp3) is 0.588. The van der Waals surface area contributed by atoms with Crippen LogP contribution in [0.25, 0.3) is 0 Å². The van der Waals surface area contributed by atoms with Gasteiger partial charge in [-0.3, -0.25) is 8.37 Å². The quantitative estimate of drug-likeness (QED) is 0.269. The van der Waals surface area contributed by atoms with Crippen LogP contribution in [0.4, 0.5) is 0 Å². The molecule has 160 valence electrons. The van der Waals surface area contributed by atoms with Gasteiger partial charge in [0.25, 0.3) is 20.2 Å². The fourth-order valence-corrected chi connectivity index (χ4v) is 3.52. The number of hydrogen-bond acceptors (Lipinski definition) is 9. The molecule has 1 aromatic carbocycles. The zero-order chi connectivity index (χ0) is 21.4. The third-order valence-corrected chi connectivity index (χ3v) is 4.96. The summed E-state index contributed by atoms with van der Waals surface area (Å²) in [7, 11) is -6.44. The first-order valence-corrected chi connectivity index (χ1v) is 12.0. The average Bonchev–Trinajstić information content (AvgIpc) is 2.60. The average molecular weight is 439 g/mol. The maximum absolute atomic E-state index is 12.4. The molecule has 0 unspecified atom stereocenters. The monoisotopic (exact) mass is 438 g/mol. The normalized spacial score (nSPS) is 15.6. The van der Waals surface area contributed by atoms with Gasteiger partial charge in [0.2, 0.25) is 0 Å². The number of methoxy groups -OCH3 is 1. The molecule has 0 saturated heterocycles. The van der Waals surface area contributed by atoms with Crippen LogP contribution >= 0.6 is 0 Å². The first-order valence-electron chi connectivity index (χ1n) is 8.36. The van der Waals surface area contributed by atoms with E-state index in [9.17, 15) is 21.6 Å². The van der Waals surface area contributed by atoms with Gasteiger partial charge in [0.15, 0.2) is 5.60 Å². The summed E-state index contributed by atoms with van der Waals surface area (Å²) < 4.78 is 65.8. The number of benzene rings is 1. The summed E-state index contributed by atoms with van der Waals surface area (Å²) in [4.78, 5) is 12.4. The lowest BCUT2D eigenvalue weighted by Crippen LogP contribution is -2.51. The van der Waals surface area contributed by atoms with Gasteiger partial charge in [-0.05, 0) is 25.3 Å². The Hall–Kier alpha value is -1.53. The Morgan fingerprint density at radius 1 is 1.07 bits per heavy atom. The fourth-order valence-electron chi connectivity index (χ4n) is 2.40. The van der Waals surface area contributed by atoms with E-state index in [1.807, 2.05) is 6.07 Å². The van der Waals surface area contributed by atoms with E-state index >= 15 is 0 Å². The second-order valence-corrected chi connectivity index (χ2v) is 9.57. The minimum atomic E-state index is -3.94. The van der Waals surface area contributed by atoms with Crippen molar-refractivity contribution in [1.29, 1.82) is 0 Å². The van der Waals surface area contributed by atoms with Crippen molar-refractivity contribution in [3.8, 4) is 0 Å². The Kier molecular flexibility index (Phi) is 9.02. The van der Waals surface area contributed by atoms with Crippen molar-refractivity contribution in [3.63, 3.8) is 0 Å². The molecule has 1 aromatic rings. The topological polar surface area (TPSA) is 122 Å². The summed E-state index contributed by atoms with van der Waals surface area (Å²) in [6, 6.07) is 8.97. The molecule has 2 atom stereocenters. The SMILES string of the molecule is COC(=O)[C@](C)(OCc1ccccc1)[C@@H](CCCOS(C)(=O)=O)OS(C)(=O)=O. The maximum Gasteiger partial charge on any atom is 0.340 e. The molecule has 11 heteroatoms. The Morgan fingerprint density at radius 3 is 2.18 bits per heavy atom. The molecule has 0 aliphatic carbocycles. The van der Waals surface area contributed by atoms with E-state index < -0.39 is 37.9 Å². The van der Waals surface area contributed by atoms with E-state index in [-0.39, 0.29) is 26.1 Å². The van der Waals surface area contributed by atoms with Crippen molar-refractivity contribution < 1.29 is 39.5 Å². The van der Waals surface area contributed by atoms with Gasteiger partial charge in [0.05, 0.1) is 32.8 Å². The third kappa shape index (κ3) is 8.65. The van der Waals surface area contributed by atoms with Gasteiger partial charge in [-0.15, -0.1) is 0 Å². The predicted molar refractivity (Wildman–Crippen MR) is 101 cm³/mol. The Morgan fingerprint density at radius 2 is 1.68 bits per heavy atom. The molecule has 0 N–H and O–H groups in total. The summed E-state index contributed by atoms with van der Waals surface area (Å²) in [6.07, 6.45) is 0.583. The van der Waals surface area contributed by atoms with E-state index in [2.05, 4.69) is 4.18 Å². The van der Waals surface area contributed by atoms with Crippen LogP contribution in [0.15, 0.2) is 30.3 Å². The van der Waals surface area contributed by atoms with Gasteiger partial charge < -0.3 is 9.47 Å². The number of esters is 1. The molecule has 0 heterocycles. The van der Waals surface area contributed by atoms with Gasteiger partial charge in [-0.1, -0.05) is 30.3 Å². The zero-order valence-electron chi connectivity index (χ0n) is 16.3. The number of carbonyl (C=O) groups excluding carboxylic acids is 1. The number of hydrogen-bond donors (Lipinski definition) is 0. The van der Waals surface area contributed by atoms with Gasteiger partial charge in [0.1, 0.15) is 6.10 Å². The minimum absolute atomic E-state index is 0.00982. The second kappa shape index (κ2) is 10.3. The molecule has 0 aliphatic rings. The highest BCUT2D eigenvalue weighted by atomic mass is 32.2. The predicted octanol–water partition coefficient (Wildman–Crippen LogP) is 1.24. The van der Waals surface area contributed by atoms with E-state index in [1.165, 1.54) is 6.92 Å². The highest BCUT2D eigenvalue weighted by molar-refractivity contribution is 7.86. The van der Waals surface area contributed by atoms with Crippen LogP contribution in [-0.4, -0.2) is 60.7 Å². The van der Waals surface area contributed by atoms with Crippen LogP contribution in [0.1, 0.15) is 25.3 Å². The molecule has 0 bridgehead atoms. The van der Waals surface area contributed by atoms with Gasteiger partial charge >= 0.3 is 5.97 Å². The van der Waals surface area contributed by atoms with E-state index in [4.69, 9.17) is 13.7 Å². The molecule has 0 aliphatic heterocycles. The molecule has 0 aromatic heterocycles. The summed E-state index contributed by atoms with van der Waals surface area (Å²) in [6.45, 7) is 1.18. The van der Waals surface area contributed by atoms with E-state index in [1.54, 1.807) is 24.3 Å². The Balaban J connectivity index is 3.02. The van der Waals surface area contributed by atoms with E-state index in [0.29, 0.717) is 0 Å². The molecule has 9 nitrogen and oxygen atoms in total. The lowest BCUT2D eigenvalue weighted by atomic mass is 9.95. The van der Waals surface area contributed by atoms with Crippen LogP contribution in [0.5, 0.6) is 0 Å². The summed E-state index contributed by atoms with van der Waals surface area (Å²) in [5, 5.41) is 0. The molecule has 0 spiro atoms. The van der Waals surface area contributed by atoms with Crippen LogP contribution < -0.4 is 0 Å². The number of ether oxygens (including phenoxy) is 2. The van der Waals surface area contributed by atoms with Gasteiger partial charge in [-0.25, -0.2) is 4.79 Å². The molecule has 1 rings (SSSR count). The van der Waals surface area contributed by atoms with Crippen LogP contribution in [-0.2, 0) is 49.5 Å². The van der Waals surface area contributed by atoms with Crippen molar-refractivity contribution in [1.82, 2.24) is 0 Å². The standard InChI is InChI=1S/C17H26O9S2/c1-17(16(18)23-2,24-13-14-9-6-5-7-10-14)15(26-28(4,21)22)11-8-12-25-27(3,19)20/h5-7,9-10,15H,8,11-13H2,1-4H3/t15-,17-/m1/s1. The van der Waals surface area contributed by atoms with Gasteiger partial charge in [0, 0.05) is 0 Å². The molecular weight excluding hydrogens is 412 g/mol. The minimum Gasteiger partial charge on any atom is -0.467 e. The highest BCUT2D eigenvalue weighted by Crippen LogP contribution is 2.27. The smallest absolute Gasteiger partial charge is 0.340 e. The van der Waals surface area contributed by atoms with Crippen molar-refractivity contribution in [2.45, 2.75) is 38.1 Å². The van der Waals surface area contributed by atoms with Crippen LogP contribution in [0.3, 0.4) is 0 Å². The lowest BCUT2D eigenvalue weighted by molar-refractivity contribution is -0.183. The molecule has 0 fully saturated rings. The van der Waals surface area contributed by atoms with Crippen LogP contribution in [0, 0.1) is 0 Å². The van der Waals surface area contributed by atoms with Crippen molar-refractivity contribution in [2.75, 3.05) is 26.2 Å². The largest absolute Gasteiger partial charge is 0.467 e. The summed E-state index contributed by atoms with van der Waals surface area (Å²) in [5.74, 6) is -0.818. The highest BCUT2D eigenvalue weighted by Gasteiger charge is 2.46. The zero-order valence-corrected chi connectivity index (χ0v) is 17.9. The molecule has 0 amide bonds. The molecule has 0 saturated carbocycles. The Labute approximate surface area is 166 Å². The summed E-state index contributed by atoms with van der Waals surface area (Å²) >= 11 is 0. The number of carbonyl (C=O) groups is 1. The molecule has 28 heavy (non-hydrogen) atoms. The second-order valence-electron chi connectivity index (χ2n) is 6.33. The maximum atomic E-state index is 12.4. The van der Waals surface area contributed by atoms with Gasteiger partial charge in [-0.2, -0.15) is 16.8 Å². The third-order valence-electron chi connectivity index (χ3n) is 3.79.